The summed E-state index contributed by atoms with van der Waals surface area (Å²) in [5.74, 6) is 1.75. The fourth-order valence-electron chi connectivity index (χ4n) is 6.78. The molecule has 0 radical (unpaired) electrons. The highest BCUT2D eigenvalue weighted by Gasteiger charge is 2.50. The van der Waals surface area contributed by atoms with E-state index in [-0.39, 0.29) is 0 Å². The van der Waals surface area contributed by atoms with Crippen LogP contribution in [0, 0.1) is 23.2 Å². The first-order valence-electron chi connectivity index (χ1n) is 13.5. The second-order valence-electron chi connectivity index (χ2n) is 11.4. The zero-order valence-electron chi connectivity index (χ0n) is 21.9. The number of rotatable bonds is 9. The molecule has 0 aromatic rings. The minimum Gasteiger partial charge on any atom is -0.393 e. The molecule has 34 heavy (non-hydrogen) atoms. The number of fused-ring (bicyclic) bond motifs is 1. The van der Waals surface area contributed by atoms with Gasteiger partial charge in [0.1, 0.15) is 0 Å². The van der Waals surface area contributed by atoms with E-state index < -0.39 is 17.8 Å². The molecule has 0 aromatic heterocycles. The molecule has 3 N–H and O–H groups in total. The van der Waals surface area contributed by atoms with E-state index in [0.29, 0.717) is 62.1 Å². The Morgan fingerprint density at radius 1 is 1.21 bits per heavy atom. The topological polar surface area (TPSA) is 69.9 Å². The van der Waals surface area contributed by atoms with Crippen molar-refractivity contribution in [3.8, 4) is 0 Å². The van der Waals surface area contributed by atoms with Crippen LogP contribution in [-0.2, 0) is 4.74 Å². The predicted octanol–water partition coefficient (Wildman–Crippen LogP) is 5.89. The SMILES string of the molecule is C=C1/C(=C\C=C2/CCC[C@]3(C)[C@@H]([C@H](C)/C=C/COCC(O)(CC)CC)CC[C@@H]23)C[C@@H](O)C[C@@H]1O. The lowest BCUT2D eigenvalue weighted by Gasteiger charge is -2.44. The van der Waals surface area contributed by atoms with E-state index in [9.17, 15) is 15.3 Å². The van der Waals surface area contributed by atoms with E-state index in [4.69, 9.17) is 4.74 Å². The van der Waals surface area contributed by atoms with Crippen LogP contribution in [0.3, 0.4) is 0 Å². The zero-order valence-corrected chi connectivity index (χ0v) is 21.9. The Bertz CT molecular complexity index is 790. The lowest BCUT2D eigenvalue weighted by molar-refractivity contribution is -0.0447. The highest BCUT2D eigenvalue weighted by atomic mass is 16.5. The van der Waals surface area contributed by atoms with Gasteiger partial charge in [-0.2, -0.15) is 0 Å². The molecule has 3 rings (SSSR count). The van der Waals surface area contributed by atoms with Crippen molar-refractivity contribution >= 4 is 0 Å². The predicted molar refractivity (Wildman–Crippen MR) is 139 cm³/mol. The molecule has 3 saturated carbocycles. The Morgan fingerprint density at radius 3 is 2.65 bits per heavy atom. The van der Waals surface area contributed by atoms with Crippen LogP contribution in [0.2, 0.25) is 0 Å². The summed E-state index contributed by atoms with van der Waals surface area (Å²) in [5, 5.41) is 30.6. The summed E-state index contributed by atoms with van der Waals surface area (Å²) in [6, 6.07) is 0. The van der Waals surface area contributed by atoms with Crippen LogP contribution in [0.1, 0.15) is 85.5 Å². The molecule has 3 aliphatic carbocycles. The molecule has 0 amide bonds. The van der Waals surface area contributed by atoms with Crippen molar-refractivity contribution in [2.24, 2.45) is 23.2 Å². The molecule has 0 unspecified atom stereocenters. The second kappa shape index (κ2) is 11.7. The Labute approximate surface area is 207 Å². The fraction of sp³-hybridized carbons (Fsp3) is 0.733. The summed E-state index contributed by atoms with van der Waals surface area (Å²) >= 11 is 0. The van der Waals surface area contributed by atoms with Gasteiger partial charge in [0.2, 0.25) is 0 Å². The molecule has 4 nitrogen and oxygen atoms in total. The molecular formula is C30H48O4. The molecular weight excluding hydrogens is 424 g/mol. The van der Waals surface area contributed by atoms with Gasteiger partial charge in [-0.1, -0.05) is 64.2 Å². The number of allylic oxidation sites excluding steroid dienone is 4. The third kappa shape index (κ3) is 6.13. The maximum Gasteiger partial charge on any atom is 0.0875 e. The largest absolute Gasteiger partial charge is 0.393 e. The normalized spacial score (nSPS) is 35.9. The first-order chi connectivity index (χ1) is 16.1. The minimum absolute atomic E-state index is 0.306. The second-order valence-corrected chi connectivity index (χ2v) is 11.4. The Balaban J connectivity index is 1.63. The number of hydrogen-bond donors (Lipinski definition) is 3. The van der Waals surface area contributed by atoms with E-state index in [1.165, 1.54) is 31.3 Å². The van der Waals surface area contributed by atoms with Crippen LogP contribution in [0.4, 0.5) is 0 Å². The number of aliphatic hydroxyl groups is 3. The van der Waals surface area contributed by atoms with Gasteiger partial charge < -0.3 is 20.1 Å². The van der Waals surface area contributed by atoms with Gasteiger partial charge in [0.15, 0.2) is 0 Å². The van der Waals surface area contributed by atoms with Gasteiger partial charge in [-0.05, 0) is 85.7 Å². The van der Waals surface area contributed by atoms with Crippen LogP contribution in [0.25, 0.3) is 0 Å². The van der Waals surface area contributed by atoms with Gasteiger partial charge in [0.25, 0.3) is 0 Å². The smallest absolute Gasteiger partial charge is 0.0875 e. The van der Waals surface area contributed by atoms with Gasteiger partial charge >= 0.3 is 0 Å². The molecule has 6 atom stereocenters. The Kier molecular flexibility index (Phi) is 9.42. The van der Waals surface area contributed by atoms with Gasteiger partial charge in [-0.25, -0.2) is 0 Å². The van der Waals surface area contributed by atoms with Crippen LogP contribution in [0.15, 0.2) is 47.6 Å². The highest BCUT2D eigenvalue weighted by molar-refractivity contribution is 5.38. The monoisotopic (exact) mass is 472 g/mol. The summed E-state index contributed by atoms with van der Waals surface area (Å²) in [6.45, 7) is 13.9. The molecule has 4 heteroatoms. The van der Waals surface area contributed by atoms with Gasteiger partial charge in [0.05, 0.1) is 31.0 Å². The Morgan fingerprint density at radius 2 is 1.94 bits per heavy atom. The maximum absolute atomic E-state index is 10.4. The third-order valence-electron chi connectivity index (χ3n) is 9.28. The number of aliphatic hydroxyl groups excluding tert-OH is 2. The lowest BCUT2D eigenvalue weighted by Crippen LogP contribution is -2.35. The average molecular weight is 473 g/mol. The average Bonchev–Trinajstić information content (AvgIpc) is 3.17. The van der Waals surface area contributed by atoms with E-state index in [0.717, 1.165) is 17.6 Å². The zero-order chi connectivity index (χ0) is 24.9. The minimum atomic E-state index is -0.702. The summed E-state index contributed by atoms with van der Waals surface area (Å²) in [7, 11) is 0. The van der Waals surface area contributed by atoms with Crippen molar-refractivity contribution in [1.29, 1.82) is 0 Å². The van der Waals surface area contributed by atoms with Crippen molar-refractivity contribution in [1.82, 2.24) is 0 Å². The quantitative estimate of drug-likeness (QED) is 0.289. The van der Waals surface area contributed by atoms with Crippen LogP contribution in [-0.4, -0.2) is 46.3 Å². The van der Waals surface area contributed by atoms with E-state index in [1.54, 1.807) is 0 Å². The maximum atomic E-state index is 10.4. The van der Waals surface area contributed by atoms with Crippen LogP contribution in [0.5, 0.6) is 0 Å². The molecule has 0 aliphatic heterocycles. The summed E-state index contributed by atoms with van der Waals surface area (Å²) in [6.07, 6.45) is 16.3. The molecule has 3 fully saturated rings. The van der Waals surface area contributed by atoms with Crippen molar-refractivity contribution in [3.63, 3.8) is 0 Å². The third-order valence-corrected chi connectivity index (χ3v) is 9.28. The summed E-state index contributed by atoms with van der Waals surface area (Å²) in [5.41, 5.74) is 2.90. The Hall–Kier alpha value is -1.20. The van der Waals surface area contributed by atoms with E-state index >= 15 is 0 Å². The standard InChI is InChI=1S/C30H48O4/c1-6-30(33,7-2)20-34-17-9-10-21(3)26-14-15-27-23(11-8-16-29(26,27)5)12-13-24-18-25(31)19-28(32)22(24)4/h9-10,12-13,21,25-28,31-33H,4,6-8,11,14-20H2,1-3,5H3/b10-9+,23-12+,24-13-/t21-,25-,26-,27+,28+,29-/m1/s1. The van der Waals surface area contributed by atoms with Crippen molar-refractivity contribution in [2.75, 3.05) is 13.2 Å². The highest BCUT2D eigenvalue weighted by Crippen LogP contribution is 2.59. The molecule has 0 aromatic carbocycles. The van der Waals surface area contributed by atoms with E-state index in [1.807, 2.05) is 13.8 Å². The number of ether oxygens (including phenoxy) is 1. The molecule has 0 spiro atoms. The van der Waals surface area contributed by atoms with Gasteiger partial charge in [-0.3, -0.25) is 0 Å². The molecule has 0 saturated heterocycles. The first-order valence-corrected chi connectivity index (χ1v) is 13.5. The summed E-state index contributed by atoms with van der Waals surface area (Å²) in [4.78, 5) is 0. The van der Waals surface area contributed by atoms with Crippen LogP contribution < -0.4 is 0 Å². The fourth-order valence-corrected chi connectivity index (χ4v) is 6.78. The summed E-state index contributed by atoms with van der Waals surface area (Å²) < 4.78 is 5.76. The van der Waals surface area contributed by atoms with Crippen LogP contribution >= 0.6 is 0 Å². The molecule has 3 aliphatic rings. The van der Waals surface area contributed by atoms with Crippen molar-refractivity contribution in [3.05, 3.63) is 47.6 Å². The lowest BCUT2D eigenvalue weighted by atomic mass is 9.61. The molecule has 0 bridgehead atoms. The van der Waals surface area contributed by atoms with E-state index in [2.05, 4.69) is 44.7 Å². The number of hydrogen-bond acceptors (Lipinski definition) is 4. The molecule has 192 valence electrons. The molecule has 0 heterocycles. The van der Waals surface area contributed by atoms with Gasteiger partial charge in [-0.15, -0.1) is 0 Å². The van der Waals surface area contributed by atoms with Gasteiger partial charge in [0, 0.05) is 6.42 Å². The van der Waals surface area contributed by atoms with Crippen molar-refractivity contribution in [2.45, 2.75) is 103 Å². The van der Waals surface area contributed by atoms with Crippen molar-refractivity contribution < 1.29 is 20.1 Å². The first kappa shape index (κ1) is 27.4.